The molecule has 2 aliphatic carbocycles. The van der Waals surface area contributed by atoms with Gasteiger partial charge in [-0.3, -0.25) is 4.57 Å². The van der Waals surface area contributed by atoms with Crippen LogP contribution in [0.15, 0.2) is 9.21 Å². The molecule has 0 N–H and O–H groups in total. The van der Waals surface area contributed by atoms with Gasteiger partial charge in [0.05, 0.1) is 0 Å². The van der Waals surface area contributed by atoms with E-state index in [1.54, 1.807) is 6.07 Å². The van der Waals surface area contributed by atoms with E-state index in [0.717, 1.165) is 51.4 Å². The van der Waals surface area contributed by atoms with Crippen molar-refractivity contribution < 1.29 is 18.0 Å². The Morgan fingerprint density at radius 1 is 1.04 bits per heavy atom. The summed E-state index contributed by atoms with van der Waals surface area (Å²) in [7, 11) is -1.46. The highest BCUT2D eigenvalue weighted by molar-refractivity contribution is 7.62. The molecule has 0 unspecified atom stereocenters. The predicted octanol–water partition coefficient (Wildman–Crippen LogP) is 3.49. The molecule has 1 heterocycles. The first-order valence-electron chi connectivity index (χ1n) is 9.99. The average Bonchev–Trinajstić information content (AvgIpc) is 2.74. The standard InChI is InChI=1S/C19H28N3O5P/c1-25-28(24,26-2)17-16(13-20)18(23)27-19(21-17)22(14-9-5-3-6-10-14)15-11-7-4-8-12-15/h14-15H,3-12H2,1-2H3. The normalized spacial score (nSPS) is 19.3. The molecule has 0 spiro atoms. The van der Waals surface area contributed by atoms with E-state index < -0.39 is 18.8 Å². The lowest BCUT2D eigenvalue weighted by Gasteiger charge is -2.41. The van der Waals surface area contributed by atoms with Crippen LogP contribution in [-0.4, -0.2) is 31.3 Å². The van der Waals surface area contributed by atoms with Gasteiger partial charge in [0.2, 0.25) is 0 Å². The Morgan fingerprint density at radius 2 is 1.54 bits per heavy atom. The lowest BCUT2D eigenvalue weighted by Crippen LogP contribution is -2.47. The van der Waals surface area contributed by atoms with Crippen molar-refractivity contribution in [1.29, 1.82) is 5.26 Å². The first-order chi connectivity index (χ1) is 13.5. The van der Waals surface area contributed by atoms with Gasteiger partial charge in [-0.15, -0.1) is 0 Å². The van der Waals surface area contributed by atoms with E-state index in [0.29, 0.717) is 0 Å². The van der Waals surface area contributed by atoms with Gasteiger partial charge in [-0.2, -0.15) is 10.2 Å². The molecule has 2 saturated carbocycles. The van der Waals surface area contributed by atoms with Crippen LogP contribution in [0.4, 0.5) is 6.01 Å². The molecule has 8 nitrogen and oxygen atoms in total. The van der Waals surface area contributed by atoms with E-state index in [9.17, 15) is 14.6 Å². The number of aromatic nitrogens is 1. The van der Waals surface area contributed by atoms with Crippen LogP contribution < -0.4 is 16.0 Å². The van der Waals surface area contributed by atoms with Crippen LogP contribution in [0.5, 0.6) is 0 Å². The zero-order valence-corrected chi connectivity index (χ0v) is 17.5. The third kappa shape index (κ3) is 4.17. The Kier molecular flexibility index (Phi) is 6.92. The van der Waals surface area contributed by atoms with Crippen LogP contribution >= 0.6 is 7.60 Å². The van der Waals surface area contributed by atoms with Crippen molar-refractivity contribution in [2.45, 2.75) is 76.3 Å². The second kappa shape index (κ2) is 9.21. The molecule has 2 fully saturated rings. The molecule has 0 radical (unpaired) electrons. The van der Waals surface area contributed by atoms with Crippen molar-refractivity contribution in [3.63, 3.8) is 0 Å². The SMILES string of the molecule is COP(=O)(OC)c1nc(N(C2CCCCC2)C2CCCCC2)oc(=O)c1C#N. The van der Waals surface area contributed by atoms with Crippen molar-refractivity contribution in [1.82, 2.24) is 4.98 Å². The zero-order chi connectivity index (χ0) is 20.1. The summed E-state index contributed by atoms with van der Waals surface area (Å²) < 4.78 is 28.5. The first kappa shape index (κ1) is 21.0. The van der Waals surface area contributed by atoms with E-state index in [2.05, 4.69) is 9.88 Å². The molecule has 28 heavy (non-hydrogen) atoms. The van der Waals surface area contributed by atoms with Gasteiger partial charge in [0.25, 0.3) is 0 Å². The fourth-order valence-electron chi connectivity index (χ4n) is 4.38. The maximum atomic E-state index is 13.0. The number of hydrogen-bond acceptors (Lipinski definition) is 8. The van der Waals surface area contributed by atoms with Gasteiger partial charge in [-0.25, -0.2) is 4.79 Å². The maximum Gasteiger partial charge on any atom is 0.380 e. The third-order valence-electron chi connectivity index (χ3n) is 5.82. The fourth-order valence-corrected chi connectivity index (χ4v) is 5.49. The molecular formula is C19H28N3O5P. The van der Waals surface area contributed by atoms with Gasteiger partial charge >= 0.3 is 19.2 Å². The number of anilines is 1. The monoisotopic (exact) mass is 409 g/mol. The number of nitrogens with zero attached hydrogens (tertiary/aromatic N) is 3. The number of hydrogen-bond donors (Lipinski definition) is 0. The lowest BCUT2D eigenvalue weighted by molar-refractivity contribution is 0.284. The quantitative estimate of drug-likeness (QED) is 0.658. The summed E-state index contributed by atoms with van der Waals surface area (Å²) in [5.74, 6) is 0. The van der Waals surface area contributed by atoms with E-state index in [4.69, 9.17) is 13.5 Å². The minimum atomic E-state index is -3.88. The highest BCUT2D eigenvalue weighted by atomic mass is 31.2. The maximum absolute atomic E-state index is 13.0. The number of nitriles is 1. The molecule has 0 aromatic carbocycles. The zero-order valence-electron chi connectivity index (χ0n) is 16.6. The van der Waals surface area contributed by atoms with Crippen molar-refractivity contribution in [3.8, 4) is 6.07 Å². The van der Waals surface area contributed by atoms with Crippen LogP contribution in [0.3, 0.4) is 0 Å². The molecule has 9 heteroatoms. The van der Waals surface area contributed by atoms with Crippen molar-refractivity contribution in [2.75, 3.05) is 19.1 Å². The molecule has 1 aromatic heterocycles. The molecule has 0 aliphatic heterocycles. The highest BCUT2D eigenvalue weighted by Gasteiger charge is 2.37. The third-order valence-corrected chi connectivity index (χ3v) is 7.63. The molecule has 3 rings (SSSR count). The Labute approximate surface area is 165 Å². The Hall–Kier alpha value is -1.68. The summed E-state index contributed by atoms with van der Waals surface area (Å²) in [5, 5.41) is 9.38. The predicted molar refractivity (Wildman–Crippen MR) is 105 cm³/mol. The summed E-state index contributed by atoms with van der Waals surface area (Å²) in [6.45, 7) is 0. The summed E-state index contributed by atoms with van der Waals surface area (Å²) in [6.07, 6.45) is 10.9. The summed E-state index contributed by atoms with van der Waals surface area (Å²) in [6, 6.07) is 2.32. The van der Waals surface area contributed by atoms with E-state index in [1.165, 1.54) is 27.1 Å². The molecule has 0 atom stereocenters. The molecule has 2 aliphatic rings. The minimum absolute atomic E-state index is 0.132. The number of rotatable bonds is 6. The summed E-state index contributed by atoms with van der Waals surface area (Å²) in [4.78, 5) is 19.1. The molecule has 1 aromatic rings. The molecular weight excluding hydrogens is 381 g/mol. The molecule has 154 valence electrons. The van der Waals surface area contributed by atoms with E-state index in [-0.39, 0.29) is 23.5 Å². The highest BCUT2D eigenvalue weighted by Crippen LogP contribution is 2.45. The van der Waals surface area contributed by atoms with Gasteiger partial charge in [0.15, 0.2) is 11.0 Å². The minimum Gasteiger partial charge on any atom is -0.388 e. The van der Waals surface area contributed by atoms with E-state index in [1.807, 2.05) is 0 Å². The lowest BCUT2D eigenvalue weighted by atomic mass is 9.89. The smallest absolute Gasteiger partial charge is 0.380 e. The second-order valence-electron chi connectivity index (χ2n) is 7.45. The largest absolute Gasteiger partial charge is 0.388 e. The van der Waals surface area contributed by atoms with Gasteiger partial charge in [-0.05, 0) is 25.7 Å². The van der Waals surface area contributed by atoms with Crippen LogP contribution in [-0.2, 0) is 13.6 Å². The Morgan fingerprint density at radius 3 is 1.96 bits per heavy atom. The van der Waals surface area contributed by atoms with Crippen LogP contribution in [0.1, 0.15) is 69.8 Å². The van der Waals surface area contributed by atoms with Crippen LogP contribution in [0, 0.1) is 11.3 Å². The van der Waals surface area contributed by atoms with E-state index >= 15 is 0 Å². The summed E-state index contributed by atoms with van der Waals surface area (Å²) >= 11 is 0. The molecule has 0 saturated heterocycles. The first-order valence-corrected chi connectivity index (χ1v) is 11.5. The van der Waals surface area contributed by atoms with Gasteiger partial charge in [0.1, 0.15) is 6.07 Å². The molecule has 0 bridgehead atoms. The van der Waals surface area contributed by atoms with Crippen molar-refractivity contribution >= 4 is 19.0 Å². The summed E-state index contributed by atoms with van der Waals surface area (Å²) in [5.41, 5.74) is -1.54. The Bertz CT molecular complexity index is 796. The average molecular weight is 409 g/mol. The van der Waals surface area contributed by atoms with Crippen molar-refractivity contribution in [3.05, 3.63) is 16.0 Å². The topological polar surface area (TPSA) is 106 Å². The molecule has 0 amide bonds. The van der Waals surface area contributed by atoms with Gasteiger partial charge in [0, 0.05) is 26.3 Å². The fraction of sp³-hybridized carbons (Fsp3) is 0.737. The van der Waals surface area contributed by atoms with Crippen LogP contribution in [0.25, 0.3) is 0 Å². The van der Waals surface area contributed by atoms with Crippen molar-refractivity contribution in [2.24, 2.45) is 0 Å². The van der Waals surface area contributed by atoms with Gasteiger partial charge in [-0.1, -0.05) is 38.5 Å². The van der Waals surface area contributed by atoms with Gasteiger partial charge < -0.3 is 18.4 Å². The van der Waals surface area contributed by atoms with Crippen LogP contribution in [0.2, 0.25) is 0 Å². The Balaban J connectivity index is 2.11. The second-order valence-corrected chi connectivity index (χ2v) is 9.60.